The van der Waals surface area contributed by atoms with Crippen molar-refractivity contribution in [2.75, 3.05) is 0 Å². The molecule has 0 atom stereocenters. The Bertz CT molecular complexity index is 1690. The van der Waals surface area contributed by atoms with E-state index in [0.717, 1.165) is 62.8 Å². The van der Waals surface area contributed by atoms with Gasteiger partial charge in [-0.1, -0.05) is 132 Å². The standard InChI is InChI=1S/C52H84N2.2C9H19.Ni/c1-9-17-25-26-27-28-36-50-49(35-24-16-8)51(45-37-41(29-18-10-2)47(33-22-14-6)42(38-45)30-19-11-3)54(53)52(50)46-39-43(31-20-12-4)48(34-23-15-7)44(40-46)32-21-13-5;2*1-3-5-7-9-8-6-4-2;/h37-40H,9-36H2,1-8H3;2*1,3-9H2,2H3;. The molecule has 0 unspecified atom stereocenters. The molecule has 2 aromatic rings. The van der Waals surface area contributed by atoms with E-state index in [1.807, 2.05) is 14.4 Å². The van der Waals surface area contributed by atoms with E-state index >= 15 is 0 Å². The Morgan fingerprint density at radius 1 is 0.288 bits per heavy atom. The molecule has 1 heterocycles. The molecule has 1 aliphatic rings. The van der Waals surface area contributed by atoms with E-state index in [1.165, 1.54) is 251 Å². The van der Waals surface area contributed by atoms with Crippen molar-refractivity contribution in [2.24, 2.45) is 0 Å². The van der Waals surface area contributed by atoms with Gasteiger partial charge in [-0.3, -0.25) is 0 Å². The van der Waals surface area contributed by atoms with Gasteiger partial charge in [-0.15, -0.1) is 0 Å². The first-order valence-corrected chi connectivity index (χ1v) is 34.0. The van der Waals surface area contributed by atoms with Gasteiger partial charge in [0.1, 0.15) is 0 Å². The van der Waals surface area contributed by atoms with Crippen LogP contribution in [-0.4, -0.2) is 4.70 Å². The van der Waals surface area contributed by atoms with Crippen LogP contribution < -0.4 is 0 Å². The second-order valence-electron chi connectivity index (χ2n) is 22.5. The fraction of sp³-hybridized carbons (Fsp3) is 0.771. The van der Waals surface area contributed by atoms with Crippen LogP contribution in [0.25, 0.3) is 16.9 Å². The van der Waals surface area contributed by atoms with Crippen molar-refractivity contribution in [2.45, 2.75) is 350 Å². The summed E-state index contributed by atoms with van der Waals surface area (Å²) < 4.78 is 1.72. The minimum atomic E-state index is 1.03. The molecule has 73 heavy (non-hydrogen) atoms. The van der Waals surface area contributed by atoms with Crippen LogP contribution in [0.1, 0.15) is 345 Å². The van der Waals surface area contributed by atoms with Crippen molar-refractivity contribution in [3.05, 3.63) is 85.5 Å². The third-order valence-electron chi connectivity index (χ3n) is 15.8. The van der Waals surface area contributed by atoms with Crippen LogP contribution in [0.4, 0.5) is 0 Å². The first-order valence-electron chi connectivity index (χ1n) is 32.6. The van der Waals surface area contributed by atoms with Gasteiger partial charge in [0.25, 0.3) is 0 Å². The molecule has 0 amide bonds. The Hall–Kier alpha value is -1.99. The van der Waals surface area contributed by atoms with E-state index in [4.69, 9.17) is 0 Å². The van der Waals surface area contributed by atoms with Crippen molar-refractivity contribution in [3.8, 4) is 0 Å². The van der Waals surface area contributed by atoms with Crippen LogP contribution >= 0.6 is 0 Å². The molecule has 3 rings (SSSR count). The Morgan fingerprint density at radius 3 is 0.849 bits per heavy atom. The fourth-order valence-corrected chi connectivity index (χ4v) is 12.3. The number of unbranched alkanes of at least 4 members (excludes halogenated alkanes) is 24. The van der Waals surface area contributed by atoms with Gasteiger partial charge in [0.15, 0.2) is 0 Å². The second kappa shape index (κ2) is 45.1. The summed E-state index contributed by atoms with van der Waals surface area (Å²) in [4.78, 5) is 0. The zero-order chi connectivity index (χ0) is 53.2. The minimum absolute atomic E-state index is 1.03. The molecule has 0 aromatic heterocycles. The average molecular weight is 1050 g/mol. The molecule has 0 saturated heterocycles. The number of benzene rings is 2. The molecule has 0 spiro atoms. The maximum absolute atomic E-state index is 12.9. The Labute approximate surface area is 463 Å². The first kappa shape index (κ1) is 67.1. The van der Waals surface area contributed by atoms with Gasteiger partial charge in [-0.25, -0.2) is 4.70 Å². The van der Waals surface area contributed by atoms with E-state index in [-0.39, 0.29) is 0 Å². The van der Waals surface area contributed by atoms with Gasteiger partial charge in [-0.05, 0) is 160 Å². The van der Waals surface area contributed by atoms with Gasteiger partial charge in [0, 0.05) is 22.3 Å². The predicted octanol–water partition coefficient (Wildman–Crippen LogP) is 24.3. The summed E-state index contributed by atoms with van der Waals surface area (Å²) in [5, 5.41) is 2.85. The summed E-state index contributed by atoms with van der Waals surface area (Å²) in [5.41, 5.74) is 29.8. The van der Waals surface area contributed by atoms with Crippen LogP contribution in [-0.2, 0) is 53.0 Å². The molecular weight excluding hydrogens is 927 g/mol. The summed E-state index contributed by atoms with van der Waals surface area (Å²) in [7, 11) is 0. The third-order valence-corrected chi connectivity index (χ3v) is 17.1. The predicted molar refractivity (Wildman–Crippen MR) is 325 cm³/mol. The second-order valence-corrected chi connectivity index (χ2v) is 24.0. The number of hydrogen-bond donors (Lipinski definition) is 0. The van der Waals surface area contributed by atoms with Crippen molar-refractivity contribution in [3.63, 3.8) is 0 Å². The zero-order valence-electron chi connectivity index (χ0n) is 50.6. The molecular formula is C70H122N2Ni. The molecule has 0 bridgehead atoms. The van der Waals surface area contributed by atoms with E-state index < -0.39 is 0 Å². The monoisotopic (exact) mass is 1050 g/mol. The molecule has 0 saturated carbocycles. The van der Waals surface area contributed by atoms with Crippen molar-refractivity contribution in [1.82, 2.24) is 0 Å². The molecule has 3 heteroatoms. The summed E-state index contributed by atoms with van der Waals surface area (Å²) >= 11 is 2.01. The molecule has 0 N–H and O–H groups in total. The van der Waals surface area contributed by atoms with Crippen molar-refractivity contribution >= 4 is 11.4 Å². The number of aryl methyl sites for hydroxylation is 4. The normalized spacial score (nSPS) is 12.8. The fourth-order valence-electron chi connectivity index (χ4n) is 11.1. The number of rotatable bonds is 46. The van der Waals surface area contributed by atoms with E-state index in [9.17, 15) is 5.53 Å². The molecule has 1 aliphatic heterocycles. The molecule has 0 aliphatic carbocycles. The van der Waals surface area contributed by atoms with Crippen molar-refractivity contribution in [1.29, 1.82) is 0 Å². The zero-order valence-corrected chi connectivity index (χ0v) is 51.6. The van der Waals surface area contributed by atoms with Gasteiger partial charge in [0.2, 0.25) is 11.4 Å². The van der Waals surface area contributed by atoms with Crippen LogP contribution in [0.15, 0.2) is 35.4 Å². The summed E-state index contributed by atoms with van der Waals surface area (Å²) in [6.07, 6.45) is 54.0. The first-order chi connectivity index (χ1) is 35.8. The third kappa shape index (κ3) is 26.8. The maximum atomic E-state index is 12.9. The van der Waals surface area contributed by atoms with Crippen LogP contribution in [0.5, 0.6) is 0 Å². The van der Waals surface area contributed by atoms with Crippen LogP contribution in [0.2, 0.25) is 10.8 Å². The van der Waals surface area contributed by atoms with E-state index in [0.29, 0.717) is 0 Å². The number of nitrogens with zero attached hydrogens (tertiary/aromatic N) is 2. The summed E-state index contributed by atoms with van der Waals surface area (Å²) in [6, 6.07) is 10.1. The summed E-state index contributed by atoms with van der Waals surface area (Å²) in [5.74, 6) is 0. The SMILES string of the molecule is CCCCCCCCC1=C(c2cc(CCCC)c(CCCC)c(CCCC)c2)[N+](=[N-])C(c2cc(CCCC)c(CCCC)c(CCCC)c2)=C1CCCC.CCCCCCCC[CH2][Ni][CH2]CCCCCCCC. The van der Waals surface area contributed by atoms with Crippen LogP contribution in [0.3, 0.4) is 0 Å². The number of hydrogen-bond acceptors (Lipinski definition) is 0. The van der Waals surface area contributed by atoms with Gasteiger partial charge in [0.05, 0.1) is 0 Å². The van der Waals surface area contributed by atoms with Crippen molar-refractivity contribution < 1.29 is 19.1 Å². The molecule has 422 valence electrons. The Kier molecular flexibility index (Phi) is 41.4. The number of allylic oxidation sites excluding steroid dienone is 2. The van der Waals surface area contributed by atoms with Gasteiger partial charge < -0.3 is 5.53 Å². The molecule has 0 fully saturated rings. The Morgan fingerprint density at radius 2 is 0.534 bits per heavy atom. The summed E-state index contributed by atoms with van der Waals surface area (Å²) in [6.45, 7) is 23.2. The topological polar surface area (TPSA) is 25.3 Å². The molecule has 0 radical (unpaired) electrons. The average Bonchev–Trinajstić information content (AvgIpc) is 3.68. The molecule has 2 nitrogen and oxygen atoms in total. The van der Waals surface area contributed by atoms with E-state index in [1.54, 1.807) is 38.1 Å². The van der Waals surface area contributed by atoms with Crippen LogP contribution in [0, 0.1) is 0 Å². The Balaban J connectivity index is 0.000000809. The molecule has 2 aromatic carbocycles. The van der Waals surface area contributed by atoms with Gasteiger partial charge in [-0.2, -0.15) is 0 Å². The van der Waals surface area contributed by atoms with E-state index in [2.05, 4.69) is 93.5 Å². The quantitative estimate of drug-likeness (QED) is 0.0359. The van der Waals surface area contributed by atoms with Gasteiger partial charge >= 0.3 is 129 Å².